The summed E-state index contributed by atoms with van der Waals surface area (Å²) in [6.45, 7) is 0. The number of alkyl halides is 3. The molecule has 16 heavy (non-hydrogen) atoms. The zero-order chi connectivity index (χ0) is 12.3. The van der Waals surface area contributed by atoms with Gasteiger partial charge in [-0.3, -0.25) is 9.59 Å². The van der Waals surface area contributed by atoms with Crippen molar-refractivity contribution in [1.82, 2.24) is 0 Å². The number of benzene rings is 1. The molecule has 1 rings (SSSR count). The van der Waals surface area contributed by atoms with Crippen molar-refractivity contribution in [2.75, 3.05) is 0 Å². The van der Waals surface area contributed by atoms with Gasteiger partial charge in [-0.15, -0.1) is 0 Å². The number of Topliss-reactive ketones (excluding diaryl/α,β-unsaturated/α-hetero) is 1. The molecule has 3 nitrogen and oxygen atoms in total. The molecule has 86 valence electrons. The molecule has 0 saturated carbocycles. The minimum atomic E-state index is -4.54. The van der Waals surface area contributed by atoms with E-state index in [4.69, 9.17) is 5.11 Å². The average Bonchev–Trinajstić information content (AvgIpc) is 2.15. The number of aliphatic carboxylic acids is 1. The summed E-state index contributed by atoms with van der Waals surface area (Å²) < 4.78 is 36.8. The van der Waals surface area contributed by atoms with Gasteiger partial charge in [0.2, 0.25) is 0 Å². The topological polar surface area (TPSA) is 54.4 Å². The van der Waals surface area contributed by atoms with E-state index >= 15 is 0 Å². The van der Waals surface area contributed by atoms with Crippen LogP contribution in [0.15, 0.2) is 24.3 Å². The smallest absolute Gasteiger partial charge is 0.416 e. The second kappa shape index (κ2) is 4.34. The van der Waals surface area contributed by atoms with Gasteiger partial charge in [-0.05, 0) is 12.1 Å². The van der Waals surface area contributed by atoms with Crippen molar-refractivity contribution in [3.63, 3.8) is 0 Å². The van der Waals surface area contributed by atoms with Crippen molar-refractivity contribution in [3.8, 4) is 0 Å². The van der Waals surface area contributed by atoms with E-state index in [9.17, 15) is 22.8 Å². The number of carboxylic acid groups (broad SMARTS) is 1. The molecule has 0 aliphatic carbocycles. The third-order valence-electron chi connectivity index (χ3n) is 1.82. The van der Waals surface area contributed by atoms with Crippen LogP contribution in [0.2, 0.25) is 0 Å². The van der Waals surface area contributed by atoms with Crippen molar-refractivity contribution < 1.29 is 27.9 Å². The summed E-state index contributed by atoms with van der Waals surface area (Å²) >= 11 is 0. The fraction of sp³-hybridized carbons (Fsp3) is 0.200. The molecule has 0 saturated heterocycles. The molecule has 0 spiro atoms. The molecule has 0 unspecified atom stereocenters. The molecule has 1 N–H and O–H groups in total. The van der Waals surface area contributed by atoms with E-state index in [0.717, 1.165) is 18.2 Å². The van der Waals surface area contributed by atoms with Gasteiger partial charge in [-0.2, -0.15) is 13.2 Å². The SMILES string of the molecule is O=C(O)CC(=O)c1cccc(C(F)(F)F)c1. The van der Waals surface area contributed by atoms with E-state index in [1.165, 1.54) is 0 Å². The van der Waals surface area contributed by atoms with Gasteiger partial charge in [0, 0.05) is 5.56 Å². The fourth-order valence-electron chi connectivity index (χ4n) is 1.11. The number of carboxylic acids is 1. The van der Waals surface area contributed by atoms with Crippen molar-refractivity contribution in [3.05, 3.63) is 35.4 Å². The van der Waals surface area contributed by atoms with Gasteiger partial charge in [0.05, 0.1) is 5.56 Å². The Kier molecular flexibility index (Phi) is 3.31. The van der Waals surface area contributed by atoms with Gasteiger partial charge in [0.25, 0.3) is 0 Å². The molecule has 0 radical (unpaired) electrons. The highest BCUT2D eigenvalue weighted by Crippen LogP contribution is 2.29. The first-order valence-electron chi connectivity index (χ1n) is 4.23. The number of hydrogen-bond acceptors (Lipinski definition) is 2. The molecule has 1 aromatic carbocycles. The van der Waals surface area contributed by atoms with E-state index in [2.05, 4.69) is 0 Å². The van der Waals surface area contributed by atoms with Gasteiger partial charge in [-0.25, -0.2) is 0 Å². The van der Waals surface area contributed by atoms with Gasteiger partial charge in [0.1, 0.15) is 6.42 Å². The van der Waals surface area contributed by atoms with Crippen LogP contribution in [-0.2, 0) is 11.0 Å². The van der Waals surface area contributed by atoms with Crippen molar-refractivity contribution >= 4 is 11.8 Å². The molecule has 0 aliphatic heterocycles. The van der Waals surface area contributed by atoms with Crippen LogP contribution >= 0.6 is 0 Å². The van der Waals surface area contributed by atoms with E-state index < -0.39 is 29.9 Å². The first kappa shape index (κ1) is 12.2. The molecular formula is C10H7F3O3. The number of rotatable bonds is 3. The van der Waals surface area contributed by atoms with Crippen molar-refractivity contribution in [2.45, 2.75) is 12.6 Å². The number of carbonyl (C=O) groups is 2. The summed E-state index contributed by atoms with van der Waals surface area (Å²) in [5.41, 5.74) is -1.22. The normalized spacial score (nSPS) is 11.2. The molecule has 0 fully saturated rings. The number of halogens is 3. The standard InChI is InChI=1S/C10H7F3O3/c11-10(12,13)7-3-1-2-6(4-7)8(14)5-9(15)16/h1-4H,5H2,(H,15,16). The minimum Gasteiger partial charge on any atom is -0.481 e. The molecule has 0 aromatic heterocycles. The highest BCUT2D eigenvalue weighted by molar-refractivity contribution is 6.05. The van der Waals surface area contributed by atoms with E-state index in [1.54, 1.807) is 0 Å². The van der Waals surface area contributed by atoms with Gasteiger partial charge in [-0.1, -0.05) is 12.1 Å². The largest absolute Gasteiger partial charge is 0.481 e. The summed E-state index contributed by atoms with van der Waals surface area (Å²) in [5.74, 6) is -2.22. The van der Waals surface area contributed by atoms with E-state index in [-0.39, 0.29) is 5.56 Å². The van der Waals surface area contributed by atoms with Crippen molar-refractivity contribution in [2.24, 2.45) is 0 Å². The number of carbonyl (C=O) groups excluding carboxylic acids is 1. The van der Waals surface area contributed by atoms with E-state index in [0.29, 0.717) is 6.07 Å². The monoisotopic (exact) mass is 232 g/mol. The highest BCUT2D eigenvalue weighted by atomic mass is 19.4. The quantitative estimate of drug-likeness (QED) is 0.642. The first-order valence-corrected chi connectivity index (χ1v) is 4.23. The third-order valence-corrected chi connectivity index (χ3v) is 1.82. The van der Waals surface area contributed by atoms with Crippen LogP contribution in [0.25, 0.3) is 0 Å². The van der Waals surface area contributed by atoms with Gasteiger partial charge < -0.3 is 5.11 Å². The molecule has 1 aromatic rings. The summed E-state index contributed by atoms with van der Waals surface area (Å²) in [6, 6.07) is 3.68. The molecule has 0 amide bonds. The number of hydrogen-bond donors (Lipinski definition) is 1. The predicted octanol–water partition coefficient (Wildman–Crippen LogP) is 2.36. The van der Waals surface area contributed by atoms with Crippen molar-refractivity contribution in [1.29, 1.82) is 0 Å². The molecule has 0 heterocycles. The second-order valence-corrected chi connectivity index (χ2v) is 3.07. The minimum absolute atomic E-state index is 0.253. The molecular weight excluding hydrogens is 225 g/mol. The van der Waals surface area contributed by atoms with Crippen LogP contribution in [0.1, 0.15) is 22.3 Å². The summed E-state index contributed by atoms with van der Waals surface area (Å²) in [7, 11) is 0. The van der Waals surface area contributed by atoms with Gasteiger partial charge in [0.15, 0.2) is 5.78 Å². The zero-order valence-corrected chi connectivity index (χ0v) is 7.91. The summed E-state index contributed by atoms with van der Waals surface area (Å²) in [5, 5.41) is 8.33. The van der Waals surface area contributed by atoms with Crippen LogP contribution in [-0.4, -0.2) is 16.9 Å². The predicted molar refractivity (Wildman–Crippen MR) is 48.0 cm³/mol. The van der Waals surface area contributed by atoms with E-state index in [1.807, 2.05) is 0 Å². The first-order chi connectivity index (χ1) is 7.30. The lowest BCUT2D eigenvalue weighted by atomic mass is 10.1. The van der Waals surface area contributed by atoms with Crippen LogP contribution < -0.4 is 0 Å². The lowest BCUT2D eigenvalue weighted by Crippen LogP contribution is -2.10. The Morgan fingerprint density at radius 1 is 1.25 bits per heavy atom. The maximum absolute atomic E-state index is 12.3. The molecule has 0 bridgehead atoms. The van der Waals surface area contributed by atoms with Crippen LogP contribution in [0, 0.1) is 0 Å². The fourth-order valence-corrected chi connectivity index (χ4v) is 1.11. The van der Waals surface area contributed by atoms with Gasteiger partial charge >= 0.3 is 12.1 Å². The average molecular weight is 232 g/mol. The zero-order valence-electron chi connectivity index (χ0n) is 7.91. The second-order valence-electron chi connectivity index (χ2n) is 3.07. The lowest BCUT2D eigenvalue weighted by molar-refractivity contribution is -0.137. The Bertz CT molecular complexity index is 424. The maximum atomic E-state index is 12.3. The molecule has 6 heteroatoms. The molecule has 0 aliphatic rings. The lowest BCUT2D eigenvalue weighted by Gasteiger charge is -2.07. The Balaban J connectivity index is 2.99. The van der Waals surface area contributed by atoms with Crippen LogP contribution in [0.4, 0.5) is 13.2 Å². The number of ketones is 1. The maximum Gasteiger partial charge on any atom is 0.416 e. The Morgan fingerprint density at radius 3 is 2.38 bits per heavy atom. The summed E-state index contributed by atoms with van der Waals surface area (Å²) in [4.78, 5) is 21.4. The van der Waals surface area contributed by atoms with Crippen LogP contribution in [0.5, 0.6) is 0 Å². The Morgan fingerprint density at radius 2 is 1.88 bits per heavy atom. The molecule has 0 atom stereocenters. The van der Waals surface area contributed by atoms with Crippen LogP contribution in [0.3, 0.4) is 0 Å². The highest BCUT2D eigenvalue weighted by Gasteiger charge is 2.30. The Hall–Kier alpha value is -1.85. The summed E-state index contributed by atoms with van der Waals surface area (Å²) in [6.07, 6.45) is -5.36. The third kappa shape index (κ3) is 3.08. The Labute approximate surface area is 88.5 Å².